The lowest BCUT2D eigenvalue weighted by atomic mass is 10.1. The van der Waals surface area contributed by atoms with Gasteiger partial charge in [0.05, 0.1) is 19.6 Å². The molecule has 0 aliphatic carbocycles. The van der Waals surface area contributed by atoms with E-state index in [1.807, 2.05) is 46.0 Å². The Morgan fingerprint density at radius 3 is 2.63 bits per heavy atom. The van der Waals surface area contributed by atoms with Crippen LogP contribution >= 0.6 is 22.9 Å². The zero-order chi connectivity index (χ0) is 25.0. The number of halogens is 1. The lowest BCUT2D eigenvalue weighted by Gasteiger charge is -2.24. The molecule has 0 aliphatic heterocycles. The molecule has 0 spiro atoms. The average Bonchev–Trinajstić information content (AvgIpc) is 3.37. The Labute approximate surface area is 216 Å². The van der Waals surface area contributed by atoms with Gasteiger partial charge in [-0.1, -0.05) is 36.6 Å². The summed E-state index contributed by atoms with van der Waals surface area (Å²) in [4.78, 5) is 27.2. The summed E-state index contributed by atoms with van der Waals surface area (Å²) in [7, 11) is 0. The van der Waals surface area contributed by atoms with Crippen LogP contribution in [0.2, 0.25) is 5.02 Å². The number of thiophene rings is 1. The number of hydrogen-bond acceptors (Lipinski definition) is 4. The van der Waals surface area contributed by atoms with Crippen molar-refractivity contribution in [2.75, 3.05) is 19.7 Å². The van der Waals surface area contributed by atoms with Crippen LogP contribution in [0.3, 0.4) is 0 Å². The minimum Gasteiger partial charge on any atom is -0.493 e. The zero-order valence-corrected chi connectivity index (χ0v) is 21.3. The van der Waals surface area contributed by atoms with Crippen LogP contribution in [-0.4, -0.2) is 36.4 Å². The highest BCUT2D eigenvalue weighted by Gasteiger charge is 2.18. The third kappa shape index (κ3) is 8.17. The van der Waals surface area contributed by atoms with Gasteiger partial charge in [-0.15, -0.1) is 6.42 Å². The highest BCUT2D eigenvalue weighted by atomic mass is 35.5. The summed E-state index contributed by atoms with van der Waals surface area (Å²) in [6.45, 7) is 3.75. The maximum absolute atomic E-state index is 13.3. The van der Waals surface area contributed by atoms with E-state index >= 15 is 0 Å². The lowest BCUT2D eigenvalue weighted by Crippen LogP contribution is -2.33. The van der Waals surface area contributed by atoms with Crippen molar-refractivity contribution in [3.05, 3.63) is 86.6 Å². The topological polar surface area (TPSA) is 58.6 Å². The first kappa shape index (κ1) is 26.3. The van der Waals surface area contributed by atoms with E-state index in [1.165, 1.54) is 0 Å². The molecule has 2 amide bonds. The SMILES string of the molecule is C#CCNC(=O)c1ccc(CCN(Cc2cc(Cl)ccc2OCCC)C(=O)Cc2ccsc2)cc1. The van der Waals surface area contributed by atoms with Crippen molar-refractivity contribution in [2.24, 2.45) is 0 Å². The quantitative estimate of drug-likeness (QED) is 0.335. The number of carbonyl (C=O) groups excluding carboxylic acids is 2. The van der Waals surface area contributed by atoms with Crippen molar-refractivity contribution in [1.29, 1.82) is 0 Å². The van der Waals surface area contributed by atoms with Crippen LogP contribution in [0.25, 0.3) is 0 Å². The van der Waals surface area contributed by atoms with Crippen molar-refractivity contribution >= 4 is 34.8 Å². The second-order valence-electron chi connectivity index (χ2n) is 8.06. The van der Waals surface area contributed by atoms with E-state index in [2.05, 4.69) is 18.2 Å². The number of nitrogens with one attached hydrogen (secondary N) is 1. The molecule has 0 bridgehead atoms. The minimum atomic E-state index is -0.206. The van der Waals surface area contributed by atoms with Crippen molar-refractivity contribution < 1.29 is 14.3 Å². The molecule has 5 nitrogen and oxygen atoms in total. The van der Waals surface area contributed by atoms with Crippen molar-refractivity contribution in [1.82, 2.24) is 10.2 Å². The molecule has 0 saturated heterocycles. The molecular weight excluding hydrogens is 480 g/mol. The van der Waals surface area contributed by atoms with Gasteiger partial charge in [0.15, 0.2) is 0 Å². The predicted octanol–water partition coefficient (Wildman–Crippen LogP) is 5.37. The van der Waals surface area contributed by atoms with Crippen LogP contribution in [0.5, 0.6) is 5.75 Å². The minimum absolute atomic E-state index is 0.0371. The van der Waals surface area contributed by atoms with E-state index in [0.717, 1.165) is 28.9 Å². The van der Waals surface area contributed by atoms with Crippen molar-refractivity contribution in [3.8, 4) is 18.1 Å². The van der Waals surface area contributed by atoms with E-state index in [4.69, 9.17) is 22.8 Å². The molecular formula is C28H29ClN2O3S. The maximum Gasteiger partial charge on any atom is 0.252 e. The third-order valence-electron chi connectivity index (χ3n) is 5.37. The molecule has 7 heteroatoms. The lowest BCUT2D eigenvalue weighted by molar-refractivity contribution is -0.131. The van der Waals surface area contributed by atoms with Gasteiger partial charge in [0.1, 0.15) is 5.75 Å². The molecule has 0 atom stereocenters. The van der Waals surface area contributed by atoms with Gasteiger partial charge in [-0.3, -0.25) is 9.59 Å². The van der Waals surface area contributed by atoms with Crippen LogP contribution in [0.15, 0.2) is 59.3 Å². The van der Waals surface area contributed by atoms with Gasteiger partial charge >= 0.3 is 0 Å². The summed E-state index contributed by atoms with van der Waals surface area (Å²) in [5, 5.41) is 7.23. The van der Waals surface area contributed by atoms with Crippen LogP contribution in [0.1, 0.15) is 40.4 Å². The van der Waals surface area contributed by atoms with E-state index in [-0.39, 0.29) is 18.4 Å². The smallest absolute Gasteiger partial charge is 0.252 e. The van der Waals surface area contributed by atoms with Gasteiger partial charge in [0.25, 0.3) is 5.91 Å². The molecule has 3 rings (SSSR count). The average molecular weight is 509 g/mol. The fourth-order valence-corrected chi connectivity index (χ4v) is 4.39. The normalized spacial score (nSPS) is 10.4. The largest absolute Gasteiger partial charge is 0.493 e. The number of terminal acetylenes is 1. The van der Waals surface area contributed by atoms with Gasteiger partial charge < -0.3 is 15.0 Å². The van der Waals surface area contributed by atoms with Gasteiger partial charge in [-0.05, 0) is 71.1 Å². The first-order chi connectivity index (χ1) is 17.0. The van der Waals surface area contributed by atoms with Gasteiger partial charge in [0.2, 0.25) is 5.91 Å². The number of carbonyl (C=O) groups is 2. The van der Waals surface area contributed by atoms with Crippen molar-refractivity contribution in [3.63, 3.8) is 0 Å². The molecule has 1 heterocycles. The van der Waals surface area contributed by atoms with Crippen LogP contribution in [0, 0.1) is 12.3 Å². The molecule has 182 valence electrons. The second kappa shape index (κ2) is 13.6. The highest BCUT2D eigenvalue weighted by Crippen LogP contribution is 2.25. The summed E-state index contributed by atoms with van der Waals surface area (Å²) in [6.07, 6.45) is 7.07. The summed E-state index contributed by atoms with van der Waals surface area (Å²) in [6, 6.07) is 14.8. The van der Waals surface area contributed by atoms with E-state index < -0.39 is 0 Å². The zero-order valence-electron chi connectivity index (χ0n) is 19.8. The Bertz CT molecular complexity index is 1150. The van der Waals surface area contributed by atoms with Gasteiger partial charge in [-0.25, -0.2) is 0 Å². The third-order valence-corrected chi connectivity index (χ3v) is 6.34. The number of amides is 2. The van der Waals surface area contributed by atoms with Gasteiger partial charge in [-0.2, -0.15) is 11.3 Å². The molecule has 0 unspecified atom stereocenters. The van der Waals surface area contributed by atoms with Crippen molar-refractivity contribution in [2.45, 2.75) is 32.7 Å². The standard InChI is InChI=1S/C28H29ClN2O3S/c1-3-13-30-28(33)23-7-5-21(6-8-23)11-14-31(27(32)17-22-12-16-35-20-22)19-24-18-25(29)9-10-26(24)34-15-4-2/h1,5-10,12,16,18,20H,4,11,13-15,17,19H2,2H3,(H,30,33). The molecule has 0 saturated carbocycles. The van der Waals surface area contributed by atoms with Crippen LogP contribution in [0.4, 0.5) is 0 Å². The molecule has 0 fully saturated rings. The predicted molar refractivity (Wildman–Crippen MR) is 142 cm³/mol. The number of ether oxygens (including phenoxy) is 1. The summed E-state index contributed by atoms with van der Waals surface area (Å²) in [5.41, 5.74) is 3.46. The maximum atomic E-state index is 13.3. The summed E-state index contributed by atoms with van der Waals surface area (Å²) >= 11 is 7.85. The number of benzene rings is 2. The first-order valence-electron chi connectivity index (χ1n) is 11.5. The number of hydrogen-bond donors (Lipinski definition) is 1. The molecule has 35 heavy (non-hydrogen) atoms. The first-order valence-corrected chi connectivity index (χ1v) is 12.8. The molecule has 0 radical (unpaired) electrons. The monoisotopic (exact) mass is 508 g/mol. The number of rotatable bonds is 12. The Hall–Kier alpha value is -3.27. The number of nitrogens with zero attached hydrogens (tertiary/aromatic N) is 1. The molecule has 1 aromatic heterocycles. The Kier molecular flexibility index (Phi) is 10.2. The van der Waals surface area contributed by atoms with E-state index in [0.29, 0.717) is 43.1 Å². The Morgan fingerprint density at radius 2 is 1.94 bits per heavy atom. The van der Waals surface area contributed by atoms with E-state index in [9.17, 15) is 9.59 Å². The molecule has 1 N–H and O–H groups in total. The molecule has 3 aromatic rings. The van der Waals surface area contributed by atoms with Crippen LogP contribution in [-0.2, 0) is 24.2 Å². The summed E-state index contributed by atoms with van der Waals surface area (Å²) < 4.78 is 5.91. The van der Waals surface area contributed by atoms with Crippen LogP contribution < -0.4 is 10.1 Å². The Morgan fingerprint density at radius 1 is 1.14 bits per heavy atom. The van der Waals surface area contributed by atoms with E-state index in [1.54, 1.807) is 29.5 Å². The fourth-order valence-electron chi connectivity index (χ4n) is 3.52. The fraction of sp³-hybridized carbons (Fsp3) is 0.286. The van der Waals surface area contributed by atoms with Gasteiger partial charge in [0, 0.05) is 29.2 Å². The highest BCUT2D eigenvalue weighted by molar-refractivity contribution is 7.08. The molecule has 0 aliphatic rings. The second-order valence-corrected chi connectivity index (χ2v) is 9.27. The Balaban J connectivity index is 1.74. The summed E-state index contributed by atoms with van der Waals surface area (Å²) in [5.74, 6) is 2.96. The molecule has 2 aromatic carbocycles.